The minimum atomic E-state index is -5.05. The Morgan fingerprint density at radius 1 is 0.795 bits per heavy atom. The SMILES string of the molecule is COC(=O)NC(C(=O)N[C@@H](Cc1ccc(C#Cc2ccc(N3C[C@H]4CC[C@@H]3CN4C3COC3)nc2)cc1)[C@@H](O)CN(Cc1c(F)cc(-c2ccn(C3CC3)n2)cc1F)NC(=O)[C@@H](NC(=O)OC)C(C)(C)C)C(C)(C)C(F)(F)F. The molecule has 4 aliphatic heterocycles. The summed E-state index contributed by atoms with van der Waals surface area (Å²) in [6.45, 7) is 8.28. The zero-order chi connectivity index (χ0) is 56.3. The van der Waals surface area contributed by atoms with Gasteiger partial charge in [-0.1, -0.05) is 44.7 Å². The first kappa shape index (κ1) is 57.3. The van der Waals surface area contributed by atoms with Crippen LogP contribution in [0.15, 0.2) is 67.0 Å². The maximum Gasteiger partial charge on any atom is 0.407 e. The predicted octanol–water partition coefficient (Wildman–Crippen LogP) is 6.02. The second-order valence-corrected chi connectivity index (χ2v) is 22.1. The van der Waals surface area contributed by atoms with E-state index in [-0.39, 0.29) is 18.0 Å². The molecule has 2 bridgehead atoms. The van der Waals surface area contributed by atoms with Crippen molar-refractivity contribution in [2.45, 2.75) is 128 Å². The normalized spacial score (nSPS) is 19.4. The third-order valence-corrected chi connectivity index (χ3v) is 15.0. The maximum absolute atomic E-state index is 16.2. The zero-order valence-electron chi connectivity index (χ0n) is 44.6. The number of methoxy groups -OCH3 is 2. The van der Waals surface area contributed by atoms with Gasteiger partial charge in [0, 0.05) is 72.9 Å². The van der Waals surface area contributed by atoms with Gasteiger partial charge in [-0.25, -0.2) is 28.4 Å². The number of piperidine rings is 2. The number of pyridine rings is 1. The minimum Gasteiger partial charge on any atom is -0.453 e. The van der Waals surface area contributed by atoms with Gasteiger partial charge in [0.1, 0.15) is 29.5 Å². The number of amides is 4. The minimum absolute atomic E-state index is 0.133. The average Bonchev–Trinajstić information content (AvgIpc) is 4.21. The fraction of sp³-hybridized carbons (Fsp3) is 0.527. The molecule has 1 unspecified atom stereocenters. The molecule has 4 saturated heterocycles. The number of anilines is 1. The number of benzene rings is 2. The molecule has 18 nitrogen and oxygen atoms in total. The van der Waals surface area contributed by atoms with E-state index < -0.39 is 95.5 Å². The van der Waals surface area contributed by atoms with Crippen molar-refractivity contribution >= 4 is 29.8 Å². The highest BCUT2D eigenvalue weighted by Crippen LogP contribution is 2.41. The van der Waals surface area contributed by atoms with Crippen molar-refractivity contribution in [2.75, 3.05) is 52.0 Å². The van der Waals surface area contributed by atoms with Gasteiger partial charge < -0.3 is 40.2 Å². The lowest BCUT2D eigenvalue weighted by Gasteiger charge is -2.55. The summed E-state index contributed by atoms with van der Waals surface area (Å²) in [5.74, 6) is 2.78. The Hall–Kier alpha value is -6.87. The highest BCUT2D eigenvalue weighted by atomic mass is 19.4. The molecule has 78 heavy (non-hydrogen) atoms. The number of hydrogen-bond acceptors (Lipinski definition) is 13. The number of piperazine rings is 1. The highest BCUT2D eigenvalue weighted by molar-refractivity contribution is 5.87. The molecule has 0 radical (unpaired) electrons. The van der Waals surface area contributed by atoms with Gasteiger partial charge in [0.05, 0.1) is 62.8 Å². The molecule has 1 saturated carbocycles. The van der Waals surface area contributed by atoms with E-state index in [0.717, 1.165) is 89.2 Å². The van der Waals surface area contributed by atoms with Crippen LogP contribution in [0.1, 0.15) is 88.6 Å². The van der Waals surface area contributed by atoms with Crippen molar-refractivity contribution in [1.82, 2.24) is 46.0 Å². The summed E-state index contributed by atoms with van der Waals surface area (Å²) in [6, 6.07) is 10.6. The number of carbonyl (C=O) groups is 4. The molecule has 6 heterocycles. The number of hydrazine groups is 1. The number of aliphatic hydroxyl groups excluding tert-OH is 1. The topological polar surface area (TPSA) is 205 Å². The maximum atomic E-state index is 16.2. The molecule has 2 aromatic carbocycles. The van der Waals surface area contributed by atoms with Crippen LogP contribution in [0.2, 0.25) is 0 Å². The summed E-state index contributed by atoms with van der Waals surface area (Å²) in [5.41, 5.74) is 0.241. The number of nitrogens with zero attached hydrogens (tertiary/aromatic N) is 6. The standard InChI is InChI=1S/C55H67F5N10O8/c1-53(2,3)47(63-51(74)76-6)50(73)66-67(28-40-41(56)23-35(24-42(40)57)43-20-21-70(65-43)36-15-16-36)29-45(71)44(62-49(72)48(64-52(75)77-7)54(4,5)55(58,59)60)22-33-11-8-32(9-12-33)10-13-34-14-19-46(61-25-34)69-27-37-17-18-38(69)26-68(37)39-30-78-31-39/h8-9,11-12,14,19-21,23-25,36-39,44-45,47-48,71H,15-18,22,26-31H2,1-7H3,(H,62,72)(H,63,74)(H,64,75)(H,66,73)/t37-,38-,44+,45+,47-,48?/m1/s1. The summed E-state index contributed by atoms with van der Waals surface area (Å²) < 4.78 is 92.7. The molecule has 0 spiro atoms. The first-order valence-corrected chi connectivity index (χ1v) is 25.9. The van der Waals surface area contributed by atoms with Crippen molar-refractivity contribution in [3.05, 3.63) is 101 Å². The Balaban J connectivity index is 1.05. The zero-order valence-corrected chi connectivity index (χ0v) is 44.6. The van der Waals surface area contributed by atoms with Gasteiger partial charge in [-0.15, -0.1) is 0 Å². The third kappa shape index (κ3) is 13.5. The second kappa shape index (κ2) is 23.6. The third-order valence-electron chi connectivity index (χ3n) is 15.0. The number of aromatic nitrogens is 3. The molecule has 5 fully saturated rings. The molecule has 4 aromatic rings. The smallest absolute Gasteiger partial charge is 0.407 e. The van der Waals surface area contributed by atoms with Gasteiger partial charge in [-0.2, -0.15) is 18.3 Å². The Labute approximate surface area is 449 Å². The van der Waals surface area contributed by atoms with Crippen LogP contribution >= 0.6 is 0 Å². The fourth-order valence-electron chi connectivity index (χ4n) is 9.92. The van der Waals surface area contributed by atoms with Crippen LogP contribution in [-0.2, 0) is 36.8 Å². The quantitative estimate of drug-likeness (QED) is 0.0441. The van der Waals surface area contributed by atoms with Crippen LogP contribution in [0, 0.1) is 34.3 Å². The van der Waals surface area contributed by atoms with Gasteiger partial charge in [0.15, 0.2) is 0 Å². The van der Waals surface area contributed by atoms with Crippen molar-refractivity contribution in [2.24, 2.45) is 10.8 Å². The molecule has 6 atom stereocenters. The van der Waals surface area contributed by atoms with Gasteiger partial charge in [-0.05, 0) is 99.4 Å². The number of halogens is 5. The summed E-state index contributed by atoms with van der Waals surface area (Å²) in [5, 5.41) is 24.5. The van der Waals surface area contributed by atoms with Crippen LogP contribution in [0.25, 0.3) is 11.3 Å². The van der Waals surface area contributed by atoms with E-state index in [1.54, 1.807) is 68.2 Å². The number of ether oxygens (including phenoxy) is 3. The van der Waals surface area contributed by atoms with Crippen LogP contribution in [0.4, 0.5) is 37.4 Å². The molecule has 5 N–H and O–H groups in total. The fourth-order valence-corrected chi connectivity index (χ4v) is 9.92. The van der Waals surface area contributed by atoms with E-state index in [4.69, 9.17) is 14.5 Å². The number of alkyl carbamates (subject to hydrolysis) is 2. The Morgan fingerprint density at radius 2 is 1.41 bits per heavy atom. The van der Waals surface area contributed by atoms with Crippen molar-refractivity contribution in [3.8, 4) is 23.1 Å². The number of carbonyl (C=O) groups excluding carboxylic acids is 4. The largest absolute Gasteiger partial charge is 0.453 e. The highest BCUT2D eigenvalue weighted by Gasteiger charge is 2.56. The predicted molar refractivity (Wildman–Crippen MR) is 276 cm³/mol. The molecule has 1 aliphatic carbocycles. The molecular formula is C55H67F5N10O8. The van der Waals surface area contributed by atoms with Gasteiger partial charge >= 0.3 is 18.4 Å². The van der Waals surface area contributed by atoms with Crippen LogP contribution in [-0.4, -0.2) is 149 Å². The van der Waals surface area contributed by atoms with Crippen molar-refractivity contribution in [1.29, 1.82) is 0 Å². The van der Waals surface area contributed by atoms with Crippen LogP contribution in [0.5, 0.6) is 0 Å². The molecule has 5 aliphatic rings. The summed E-state index contributed by atoms with van der Waals surface area (Å²) in [6.07, 6.45) is -1.93. The molecule has 420 valence electrons. The molecule has 23 heteroatoms. The van der Waals surface area contributed by atoms with Crippen molar-refractivity contribution < 1.29 is 60.4 Å². The van der Waals surface area contributed by atoms with E-state index >= 15 is 8.78 Å². The first-order chi connectivity index (χ1) is 36.9. The number of aliphatic hydroxyl groups is 1. The van der Waals surface area contributed by atoms with E-state index in [1.165, 1.54) is 0 Å². The number of alkyl halides is 3. The van der Waals surface area contributed by atoms with Crippen LogP contribution in [0.3, 0.4) is 0 Å². The monoisotopic (exact) mass is 1090 g/mol. The Morgan fingerprint density at radius 3 is 1.96 bits per heavy atom. The molecule has 2 aromatic heterocycles. The lowest BCUT2D eigenvalue weighted by molar-refractivity contribution is -0.220. The number of fused-ring (bicyclic) bond motifs is 3. The summed E-state index contributed by atoms with van der Waals surface area (Å²) in [7, 11) is 2.00. The van der Waals surface area contributed by atoms with E-state index in [9.17, 15) is 37.5 Å². The first-order valence-electron chi connectivity index (χ1n) is 25.9. The van der Waals surface area contributed by atoms with Gasteiger partial charge in [0.2, 0.25) is 5.91 Å². The van der Waals surface area contributed by atoms with Gasteiger partial charge in [0.25, 0.3) is 5.91 Å². The average molecular weight is 1090 g/mol. The lowest BCUT2D eigenvalue weighted by Crippen LogP contribution is -2.68. The number of hydrogen-bond donors (Lipinski definition) is 5. The van der Waals surface area contributed by atoms with E-state index in [2.05, 4.69) is 47.5 Å². The number of nitrogens with one attached hydrogen (secondary N) is 4. The van der Waals surface area contributed by atoms with Crippen molar-refractivity contribution in [3.63, 3.8) is 0 Å². The summed E-state index contributed by atoms with van der Waals surface area (Å²) >= 11 is 0. The molecule has 9 rings (SSSR count). The second-order valence-electron chi connectivity index (χ2n) is 22.1. The van der Waals surface area contributed by atoms with E-state index in [1.807, 2.05) is 17.4 Å². The lowest BCUT2D eigenvalue weighted by atomic mass is 9.82. The molecular weight excluding hydrogens is 1020 g/mol. The molecule has 4 amide bonds. The van der Waals surface area contributed by atoms with Crippen LogP contribution < -0.4 is 26.3 Å². The van der Waals surface area contributed by atoms with E-state index in [0.29, 0.717) is 54.4 Å². The summed E-state index contributed by atoms with van der Waals surface area (Å²) in [4.78, 5) is 62.9. The number of rotatable bonds is 18. The van der Waals surface area contributed by atoms with Gasteiger partial charge in [-0.3, -0.25) is 24.6 Å². The Kier molecular flexibility index (Phi) is 17.4. The Bertz CT molecular complexity index is 2840.